The third-order valence-corrected chi connectivity index (χ3v) is 2.74. The van der Waals surface area contributed by atoms with Crippen LogP contribution in [0.25, 0.3) is 0 Å². The first-order valence-corrected chi connectivity index (χ1v) is 5.93. The lowest BCUT2D eigenvalue weighted by atomic mass is 10.1. The molecule has 0 heterocycles. The van der Waals surface area contributed by atoms with Gasteiger partial charge in [-0.25, -0.2) is 0 Å². The van der Waals surface area contributed by atoms with Gasteiger partial charge in [0.2, 0.25) is 0 Å². The number of aryl methyl sites for hydroxylation is 1. The van der Waals surface area contributed by atoms with Gasteiger partial charge in [0, 0.05) is 0 Å². The van der Waals surface area contributed by atoms with Crippen LogP contribution in [-0.2, 0) is 6.61 Å². The monoisotopic (exact) mass is 256 g/mol. The maximum Gasteiger partial charge on any atom is 0.138 e. The van der Waals surface area contributed by atoms with E-state index < -0.39 is 0 Å². The standard InChI is InChI=1S/C15H16N2O2/c1-10-5-6-13(15(16)17)14(7-10)19-12-4-2-3-11(8-12)9-18/h2-8,18H,9H2,1H3,(H3,16,17). The van der Waals surface area contributed by atoms with Gasteiger partial charge in [0.15, 0.2) is 0 Å². The third-order valence-electron chi connectivity index (χ3n) is 2.74. The zero-order valence-electron chi connectivity index (χ0n) is 10.7. The van der Waals surface area contributed by atoms with Crippen LogP contribution in [0.4, 0.5) is 0 Å². The van der Waals surface area contributed by atoms with Crippen molar-refractivity contribution in [3.05, 3.63) is 59.2 Å². The van der Waals surface area contributed by atoms with Crippen molar-refractivity contribution in [3.63, 3.8) is 0 Å². The molecule has 0 aliphatic rings. The molecule has 19 heavy (non-hydrogen) atoms. The molecule has 0 aliphatic carbocycles. The van der Waals surface area contributed by atoms with Crippen LogP contribution in [0, 0.1) is 12.3 Å². The van der Waals surface area contributed by atoms with Crippen molar-refractivity contribution in [2.45, 2.75) is 13.5 Å². The van der Waals surface area contributed by atoms with Crippen molar-refractivity contribution in [1.82, 2.24) is 0 Å². The Morgan fingerprint density at radius 1 is 1.26 bits per heavy atom. The zero-order valence-corrected chi connectivity index (χ0v) is 10.7. The molecule has 0 aromatic heterocycles. The number of nitrogens with one attached hydrogen (secondary N) is 1. The van der Waals surface area contributed by atoms with E-state index in [1.165, 1.54) is 0 Å². The molecule has 0 amide bonds. The Bertz CT molecular complexity index is 609. The van der Waals surface area contributed by atoms with Gasteiger partial charge in [-0.05, 0) is 42.3 Å². The van der Waals surface area contributed by atoms with Crippen molar-refractivity contribution in [1.29, 1.82) is 5.41 Å². The minimum atomic E-state index is -0.0371. The van der Waals surface area contributed by atoms with Crippen LogP contribution >= 0.6 is 0 Å². The molecule has 4 heteroatoms. The van der Waals surface area contributed by atoms with E-state index in [-0.39, 0.29) is 12.4 Å². The molecule has 0 bridgehead atoms. The number of nitrogens with two attached hydrogens (primary N) is 1. The van der Waals surface area contributed by atoms with E-state index in [0.29, 0.717) is 17.1 Å². The van der Waals surface area contributed by atoms with Crippen molar-refractivity contribution in [2.75, 3.05) is 0 Å². The molecule has 0 fully saturated rings. The first kappa shape index (κ1) is 13.1. The van der Waals surface area contributed by atoms with E-state index in [2.05, 4.69) is 0 Å². The van der Waals surface area contributed by atoms with E-state index in [1.807, 2.05) is 31.2 Å². The highest BCUT2D eigenvalue weighted by Crippen LogP contribution is 2.27. The van der Waals surface area contributed by atoms with Crippen LogP contribution in [0.1, 0.15) is 16.7 Å². The van der Waals surface area contributed by atoms with Crippen LogP contribution in [0.3, 0.4) is 0 Å². The molecule has 4 N–H and O–H groups in total. The van der Waals surface area contributed by atoms with Crippen molar-refractivity contribution in [3.8, 4) is 11.5 Å². The fourth-order valence-electron chi connectivity index (χ4n) is 1.77. The van der Waals surface area contributed by atoms with E-state index in [1.54, 1.807) is 18.2 Å². The predicted octanol–water partition coefficient (Wildman–Crippen LogP) is 2.56. The summed E-state index contributed by atoms with van der Waals surface area (Å²) < 4.78 is 5.76. The molecular weight excluding hydrogens is 240 g/mol. The van der Waals surface area contributed by atoms with E-state index in [4.69, 9.17) is 21.0 Å². The average Bonchev–Trinajstić information content (AvgIpc) is 2.38. The van der Waals surface area contributed by atoms with Gasteiger partial charge in [0.25, 0.3) is 0 Å². The summed E-state index contributed by atoms with van der Waals surface area (Å²) in [6.45, 7) is 1.91. The smallest absolute Gasteiger partial charge is 0.138 e. The largest absolute Gasteiger partial charge is 0.457 e. The summed E-state index contributed by atoms with van der Waals surface area (Å²) in [5.41, 5.74) is 7.89. The molecule has 0 atom stereocenters. The molecule has 98 valence electrons. The summed E-state index contributed by atoms with van der Waals surface area (Å²) in [4.78, 5) is 0. The van der Waals surface area contributed by atoms with Crippen LogP contribution in [0.5, 0.6) is 11.5 Å². The Balaban J connectivity index is 2.36. The number of benzene rings is 2. The molecular formula is C15H16N2O2. The molecule has 0 unspecified atom stereocenters. The van der Waals surface area contributed by atoms with Gasteiger partial charge in [-0.3, -0.25) is 5.41 Å². The second kappa shape index (κ2) is 5.54. The van der Waals surface area contributed by atoms with Crippen LogP contribution in [-0.4, -0.2) is 10.9 Å². The number of aliphatic hydroxyl groups is 1. The fourth-order valence-corrected chi connectivity index (χ4v) is 1.77. The summed E-state index contributed by atoms with van der Waals surface area (Å²) in [5.74, 6) is 1.12. The first-order valence-electron chi connectivity index (χ1n) is 5.93. The molecule has 0 spiro atoms. The highest BCUT2D eigenvalue weighted by Gasteiger charge is 2.08. The first-order chi connectivity index (χ1) is 9.10. The van der Waals surface area contributed by atoms with Gasteiger partial charge in [-0.2, -0.15) is 0 Å². The number of ether oxygens (including phenoxy) is 1. The number of hydrogen-bond acceptors (Lipinski definition) is 3. The van der Waals surface area contributed by atoms with Crippen LogP contribution in [0.2, 0.25) is 0 Å². The van der Waals surface area contributed by atoms with Crippen LogP contribution in [0.15, 0.2) is 42.5 Å². The number of hydrogen-bond donors (Lipinski definition) is 3. The Morgan fingerprint density at radius 2 is 2.05 bits per heavy atom. The second-order valence-electron chi connectivity index (χ2n) is 4.32. The minimum absolute atomic E-state index is 0.0340. The number of rotatable bonds is 4. The predicted molar refractivity (Wildman–Crippen MR) is 74.6 cm³/mol. The lowest BCUT2D eigenvalue weighted by Gasteiger charge is -2.11. The molecule has 2 rings (SSSR count). The lowest BCUT2D eigenvalue weighted by molar-refractivity contribution is 0.281. The molecule has 0 aliphatic heterocycles. The Kier molecular flexibility index (Phi) is 3.82. The minimum Gasteiger partial charge on any atom is -0.457 e. The summed E-state index contributed by atoms with van der Waals surface area (Å²) in [7, 11) is 0. The van der Waals surface area contributed by atoms with Gasteiger partial charge in [0.05, 0.1) is 12.2 Å². The normalized spacial score (nSPS) is 10.2. The average molecular weight is 256 g/mol. The van der Waals surface area contributed by atoms with Crippen LogP contribution < -0.4 is 10.5 Å². The number of amidine groups is 1. The van der Waals surface area contributed by atoms with Gasteiger partial charge in [0.1, 0.15) is 17.3 Å². The maximum atomic E-state index is 9.11. The zero-order chi connectivity index (χ0) is 13.8. The highest BCUT2D eigenvalue weighted by atomic mass is 16.5. The molecule has 0 radical (unpaired) electrons. The maximum absolute atomic E-state index is 9.11. The highest BCUT2D eigenvalue weighted by molar-refractivity contribution is 5.97. The quantitative estimate of drug-likeness (QED) is 0.581. The molecule has 0 saturated carbocycles. The summed E-state index contributed by atoms with van der Waals surface area (Å²) in [6, 6.07) is 12.7. The third kappa shape index (κ3) is 3.11. The van der Waals surface area contributed by atoms with Crippen molar-refractivity contribution in [2.24, 2.45) is 5.73 Å². The number of aliphatic hydroxyl groups excluding tert-OH is 1. The summed E-state index contributed by atoms with van der Waals surface area (Å²) in [5, 5.41) is 16.7. The Morgan fingerprint density at radius 3 is 2.74 bits per heavy atom. The van der Waals surface area contributed by atoms with Gasteiger partial charge < -0.3 is 15.6 Å². The van der Waals surface area contributed by atoms with Gasteiger partial charge >= 0.3 is 0 Å². The Labute approximate surface area is 112 Å². The lowest BCUT2D eigenvalue weighted by Crippen LogP contribution is -2.12. The molecule has 0 saturated heterocycles. The van der Waals surface area contributed by atoms with Crippen molar-refractivity contribution >= 4 is 5.84 Å². The Hall–Kier alpha value is -2.33. The summed E-state index contributed by atoms with van der Waals surface area (Å²) >= 11 is 0. The summed E-state index contributed by atoms with van der Waals surface area (Å²) in [6.07, 6.45) is 0. The van der Waals surface area contributed by atoms with Gasteiger partial charge in [-0.15, -0.1) is 0 Å². The van der Waals surface area contributed by atoms with E-state index in [9.17, 15) is 0 Å². The SMILES string of the molecule is Cc1ccc(C(=N)N)c(Oc2cccc(CO)c2)c1. The number of nitrogen functional groups attached to an aromatic ring is 1. The van der Waals surface area contributed by atoms with E-state index >= 15 is 0 Å². The van der Waals surface area contributed by atoms with E-state index in [0.717, 1.165) is 11.1 Å². The second-order valence-corrected chi connectivity index (χ2v) is 4.32. The molecule has 4 nitrogen and oxygen atoms in total. The molecule has 2 aromatic carbocycles. The topological polar surface area (TPSA) is 79.3 Å². The fraction of sp³-hybridized carbons (Fsp3) is 0.133. The van der Waals surface area contributed by atoms with Crippen molar-refractivity contribution < 1.29 is 9.84 Å². The molecule has 2 aromatic rings. The van der Waals surface area contributed by atoms with Gasteiger partial charge in [-0.1, -0.05) is 18.2 Å².